The minimum atomic E-state index is -0.0446. The fourth-order valence-electron chi connectivity index (χ4n) is 2.62. The van der Waals surface area contributed by atoms with Gasteiger partial charge in [-0.2, -0.15) is 0 Å². The van der Waals surface area contributed by atoms with E-state index in [1.165, 1.54) is 0 Å². The molecule has 3 rings (SSSR count). The topological polar surface area (TPSA) is 33.5 Å². The summed E-state index contributed by atoms with van der Waals surface area (Å²) < 4.78 is 5.48. The van der Waals surface area contributed by atoms with Gasteiger partial charge < -0.3 is 9.32 Å². The summed E-state index contributed by atoms with van der Waals surface area (Å²) in [5.41, 5.74) is 1.62. The number of benzene rings is 1. The molecule has 6 heteroatoms. The molecule has 1 fully saturated rings. The summed E-state index contributed by atoms with van der Waals surface area (Å²) in [6.45, 7) is 4.37. The van der Waals surface area contributed by atoms with Gasteiger partial charge in [-0.25, -0.2) is 0 Å². The van der Waals surface area contributed by atoms with Crippen LogP contribution in [0.2, 0.25) is 10.0 Å². The molecule has 1 amide bonds. The van der Waals surface area contributed by atoms with Crippen molar-refractivity contribution in [3.05, 3.63) is 57.0 Å². The maximum Gasteiger partial charge on any atom is 0.258 e. The molecule has 1 aliphatic heterocycles. The highest BCUT2D eigenvalue weighted by atomic mass is 35.5. The van der Waals surface area contributed by atoms with Crippen molar-refractivity contribution >= 4 is 40.9 Å². The lowest BCUT2D eigenvalue weighted by Crippen LogP contribution is -2.30. The molecule has 0 bridgehead atoms. The predicted octanol–water partition coefficient (Wildman–Crippen LogP) is 5.09. The highest BCUT2D eigenvalue weighted by molar-refractivity contribution is 7.99. The molecule has 1 aromatic heterocycles. The average Bonchev–Trinajstić information content (AvgIpc) is 3.07. The fourth-order valence-corrected chi connectivity index (χ4v) is 4.17. The van der Waals surface area contributed by atoms with Crippen LogP contribution in [0, 0.1) is 13.8 Å². The van der Waals surface area contributed by atoms with Crippen molar-refractivity contribution in [3.8, 4) is 0 Å². The summed E-state index contributed by atoms with van der Waals surface area (Å²) in [6.07, 6.45) is 0. The largest absolute Gasteiger partial charge is 0.466 e. The number of carbonyl (C=O) groups is 1. The molecular formula is C16H15Cl2NO2S. The van der Waals surface area contributed by atoms with E-state index in [4.69, 9.17) is 27.6 Å². The van der Waals surface area contributed by atoms with E-state index in [0.29, 0.717) is 27.9 Å². The van der Waals surface area contributed by atoms with Crippen molar-refractivity contribution in [2.75, 3.05) is 12.3 Å². The Hall–Kier alpha value is -1.10. The quantitative estimate of drug-likeness (QED) is 0.751. The normalized spacial score (nSPS) is 18.0. The van der Waals surface area contributed by atoms with E-state index >= 15 is 0 Å². The van der Waals surface area contributed by atoms with Crippen LogP contribution in [0.4, 0.5) is 0 Å². The van der Waals surface area contributed by atoms with Crippen LogP contribution in [0.15, 0.2) is 28.7 Å². The van der Waals surface area contributed by atoms with Crippen molar-refractivity contribution < 1.29 is 9.21 Å². The van der Waals surface area contributed by atoms with Gasteiger partial charge >= 0.3 is 0 Å². The molecule has 0 aliphatic carbocycles. The predicted molar refractivity (Wildman–Crippen MR) is 90.9 cm³/mol. The Morgan fingerprint density at radius 1 is 1.27 bits per heavy atom. The third-order valence-electron chi connectivity index (χ3n) is 3.65. The molecule has 0 unspecified atom stereocenters. The molecule has 0 saturated carbocycles. The molecule has 1 atom stereocenters. The maximum atomic E-state index is 12.8. The molecule has 2 aromatic rings. The van der Waals surface area contributed by atoms with Crippen LogP contribution in [0.1, 0.15) is 32.8 Å². The van der Waals surface area contributed by atoms with E-state index < -0.39 is 0 Å². The van der Waals surface area contributed by atoms with E-state index in [2.05, 4.69) is 0 Å². The van der Waals surface area contributed by atoms with Crippen molar-refractivity contribution in [1.82, 2.24) is 4.90 Å². The standard InChI is InChI=1S/C16H15Cl2NO2S/c1-9-7-12(10(2)21-9)15(20)19-5-6-22-16(19)11-3-4-13(17)14(18)8-11/h3-4,7-8,16H,5-6H2,1-2H3/t16-/m1/s1. The van der Waals surface area contributed by atoms with Gasteiger partial charge in [0.05, 0.1) is 15.6 Å². The van der Waals surface area contributed by atoms with Gasteiger partial charge in [0, 0.05) is 12.3 Å². The Morgan fingerprint density at radius 3 is 2.68 bits per heavy atom. The maximum absolute atomic E-state index is 12.8. The first-order valence-corrected chi connectivity index (χ1v) is 8.72. The van der Waals surface area contributed by atoms with Crippen LogP contribution >= 0.6 is 35.0 Å². The number of aryl methyl sites for hydroxylation is 2. The molecule has 116 valence electrons. The number of hydrogen-bond acceptors (Lipinski definition) is 3. The van der Waals surface area contributed by atoms with Gasteiger partial charge in [-0.1, -0.05) is 29.3 Å². The summed E-state index contributed by atoms with van der Waals surface area (Å²) in [5.74, 6) is 2.30. The number of halogens is 2. The van der Waals surface area contributed by atoms with Gasteiger partial charge in [0.1, 0.15) is 16.9 Å². The zero-order valence-corrected chi connectivity index (χ0v) is 14.6. The van der Waals surface area contributed by atoms with Gasteiger partial charge in [0.2, 0.25) is 0 Å². The van der Waals surface area contributed by atoms with Gasteiger partial charge in [0.25, 0.3) is 5.91 Å². The summed E-state index contributed by atoms with van der Waals surface area (Å²) in [4.78, 5) is 14.7. The minimum Gasteiger partial charge on any atom is -0.466 e. The molecule has 1 saturated heterocycles. The van der Waals surface area contributed by atoms with E-state index in [-0.39, 0.29) is 11.3 Å². The van der Waals surface area contributed by atoms with Gasteiger partial charge in [-0.15, -0.1) is 11.8 Å². The zero-order chi connectivity index (χ0) is 15.9. The number of carbonyl (C=O) groups excluding carboxylic acids is 1. The summed E-state index contributed by atoms with van der Waals surface area (Å²) in [5, 5.41) is 0.985. The number of thioether (sulfide) groups is 1. The van der Waals surface area contributed by atoms with Gasteiger partial charge in [-0.3, -0.25) is 4.79 Å². The van der Waals surface area contributed by atoms with E-state index in [1.807, 2.05) is 30.9 Å². The number of rotatable bonds is 2. The number of hydrogen-bond donors (Lipinski definition) is 0. The molecular weight excluding hydrogens is 341 g/mol. The molecule has 3 nitrogen and oxygen atoms in total. The summed E-state index contributed by atoms with van der Waals surface area (Å²) >= 11 is 13.8. The molecule has 0 spiro atoms. The number of amides is 1. The Balaban J connectivity index is 1.91. The Kier molecular flexibility index (Phi) is 4.44. The second kappa shape index (κ2) is 6.19. The molecule has 0 N–H and O–H groups in total. The van der Waals surface area contributed by atoms with Crippen LogP contribution in [0.5, 0.6) is 0 Å². The van der Waals surface area contributed by atoms with Crippen molar-refractivity contribution in [3.63, 3.8) is 0 Å². The molecule has 2 heterocycles. The van der Waals surface area contributed by atoms with E-state index in [1.54, 1.807) is 23.9 Å². The first-order valence-electron chi connectivity index (χ1n) is 6.92. The molecule has 1 aliphatic rings. The van der Waals surface area contributed by atoms with Crippen LogP contribution < -0.4 is 0 Å². The average molecular weight is 356 g/mol. The third kappa shape index (κ3) is 2.87. The first-order chi connectivity index (χ1) is 10.5. The van der Waals surface area contributed by atoms with Crippen molar-refractivity contribution in [2.45, 2.75) is 19.2 Å². The lowest BCUT2D eigenvalue weighted by Gasteiger charge is -2.24. The monoisotopic (exact) mass is 355 g/mol. The lowest BCUT2D eigenvalue weighted by atomic mass is 10.1. The molecule has 22 heavy (non-hydrogen) atoms. The van der Waals surface area contributed by atoms with E-state index in [0.717, 1.165) is 17.1 Å². The number of furan rings is 1. The van der Waals surface area contributed by atoms with Gasteiger partial charge in [0.15, 0.2) is 0 Å². The summed E-state index contributed by atoms with van der Waals surface area (Å²) in [7, 11) is 0. The van der Waals surface area contributed by atoms with E-state index in [9.17, 15) is 4.79 Å². The molecule has 1 aromatic carbocycles. The van der Waals surface area contributed by atoms with Crippen molar-refractivity contribution in [2.24, 2.45) is 0 Å². The minimum absolute atomic E-state index is 0.00424. The second-order valence-corrected chi connectivity index (χ2v) is 7.22. The van der Waals surface area contributed by atoms with Crippen LogP contribution in [0.3, 0.4) is 0 Å². The SMILES string of the molecule is Cc1cc(C(=O)N2CCS[C@@H]2c2ccc(Cl)c(Cl)c2)c(C)o1. The molecule has 0 radical (unpaired) electrons. The first kappa shape index (κ1) is 15.8. The Bertz CT molecular complexity index is 729. The van der Waals surface area contributed by atoms with Crippen LogP contribution in [0.25, 0.3) is 0 Å². The fraction of sp³-hybridized carbons (Fsp3) is 0.312. The summed E-state index contributed by atoms with van der Waals surface area (Å²) in [6, 6.07) is 7.33. The number of nitrogens with zero attached hydrogens (tertiary/aromatic N) is 1. The second-order valence-electron chi connectivity index (χ2n) is 5.22. The Labute approximate surface area is 143 Å². The highest BCUT2D eigenvalue weighted by Gasteiger charge is 2.33. The van der Waals surface area contributed by atoms with Crippen LogP contribution in [-0.4, -0.2) is 23.1 Å². The third-order valence-corrected chi connectivity index (χ3v) is 5.65. The lowest BCUT2D eigenvalue weighted by molar-refractivity contribution is 0.0758. The van der Waals surface area contributed by atoms with Crippen LogP contribution in [-0.2, 0) is 0 Å². The highest BCUT2D eigenvalue weighted by Crippen LogP contribution is 2.40. The van der Waals surface area contributed by atoms with Crippen molar-refractivity contribution in [1.29, 1.82) is 0 Å². The van der Waals surface area contributed by atoms with Gasteiger partial charge in [-0.05, 0) is 37.6 Å². The smallest absolute Gasteiger partial charge is 0.258 e. The Morgan fingerprint density at radius 2 is 2.05 bits per heavy atom. The zero-order valence-electron chi connectivity index (χ0n) is 12.2.